The molecule has 0 aliphatic rings. The van der Waals surface area contributed by atoms with Crippen LogP contribution in [0.5, 0.6) is 17.2 Å². The molecule has 136 valence electrons. The van der Waals surface area contributed by atoms with Gasteiger partial charge >= 0.3 is 6.03 Å². The highest BCUT2D eigenvalue weighted by atomic mass is 32.1. The van der Waals surface area contributed by atoms with Crippen LogP contribution in [0.1, 0.15) is 6.92 Å². The van der Waals surface area contributed by atoms with Crippen LogP contribution in [0.15, 0.2) is 36.4 Å². The summed E-state index contributed by atoms with van der Waals surface area (Å²) in [7, 11) is 3.15. The van der Waals surface area contributed by atoms with Crippen molar-refractivity contribution in [3.05, 3.63) is 36.4 Å². The van der Waals surface area contributed by atoms with E-state index in [1.165, 1.54) is 11.3 Å². The van der Waals surface area contributed by atoms with Crippen molar-refractivity contribution in [3.8, 4) is 17.2 Å². The normalized spacial score (nSPS) is 10.4. The van der Waals surface area contributed by atoms with E-state index >= 15 is 0 Å². The third kappa shape index (κ3) is 3.97. The zero-order chi connectivity index (χ0) is 18.5. The SMILES string of the molecule is CCOc1ccc(NC(=O)Nc2nc3cc(OC)c(OC)cc3s2)cc1. The number of hydrogen-bond acceptors (Lipinski definition) is 6. The van der Waals surface area contributed by atoms with Gasteiger partial charge in [0.1, 0.15) is 5.75 Å². The van der Waals surface area contributed by atoms with Crippen molar-refractivity contribution in [3.63, 3.8) is 0 Å². The van der Waals surface area contributed by atoms with Crippen LogP contribution in [0.2, 0.25) is 0 Å². The number of anilines is 2. The maximum Gasteiger partial charge on any atom is 0.325 e. The average molecular weight is 373 g/mol. The molecular formula is C18H19N3O4S. The standard InChI is InChI=1S/C18H19N3O4S/c1-4-25-12-7-5-11(6-8-12)19-17(22)21-18-20-13-9-14(23-2)15(24-3)10-16(13)26-18/h5-10H,4H2,1-3H3,(H2,19,20,21,22). The number of urea groups is 1. The smallest absolute Gasteiger partial charge is 0.325 e. The molecule has 0 unspecified atom stereocenters. The van der Waals surface area contributed by atoms with E-state index in [9.17, 15) is 4.79 Å². The molecule has 26 heavy (non-hydrogen) atoms. The van der Waals surface area contributed by atoms with Gasteiger partial charge in [-0.1, -0.05) is 11.3 Å². The molecule has 0 aliphatic heterocycles. The average Bonchev–Trinajstić information content (AvgIpc) is 3.03. The van der Waals surface area contributed by atoms with E-state index < -0.39 is 0 Å². The lowest BCUT2D eigenvalue weighted by Gasteiger charge is -2.07. The molecule has 0 bridgehead atoms. The number of ether oxygens (including phenoxy) is 3. The maximum atomic E-state index is 12.2. The molecule has 0 saturated heterocycles. The van der Waals surface area contributed by atoms with Crippen LogP contribution >= 0.6 is 11.3 Å². The van der Waals surface area contributed by atoms with E-state index in [4.69, 9.17) is 14.2 Å². The molecule has 2 amide bonds. The van der Waals surface area contributed by atoms with Gasteiger partial charge in [-0.15, -0.1) is 0 Å². The lowest BCUT2D eigenvalue weighted by atomic mass is 10.3. The monoisotopic (exact) mass is 373 g/mol. The molecular weight excluding hydrogens is 354 g/mol. The van der Waals surface area contributed by atoms with Crippen molar-refractivity contribution in [1.29, 1.82) is 0 Å². The van der Waals surface area contributed by atoms with Gasteiger partial charge in [0.05, 0.1) is 31.0 Å². The van der Waals surface area contributed by atoms with Crippen LogP contribution in [0.3, 0.4) is 0 Å². The molecule has 8 heteroatoms. The summed E-state index contributed by atoms with van der Waals surface area (Å²) in [6.07, 6.45) is 0. The van der Waals surface area contributed by atoms with Gasteiger partial charge in [0.15, 0.2) is 16.6 Å². The summed E-state index contributed by atoms with van der Waals surface area (Å²) in [4.78, 5) is 16.6. The Kier molecular flexibility index (Phi) is 5.43. The molecule has 0 atom stereocenters. The number of amides is 2. The summed E-state index contributed by atoms with van der Waals surface area (Å²) in [5.74, 6) is 1.97. The minimum absolute atomic E-state index is 0.368. The summed E-state index contributed by atoms with van der Waals surface area (Å²) in [5, 5.41) is 5.98. The van der Waals surface area contributed by atoms with Crippen molar-refractivity contribution >= 4 is 38.4 Å². The molecule has 2 aromatic carbocycles. The van der Waals surface area contributed by atoms with Gasteiger partial charge in [-0.3, -0.25) is 5.32 Å². The van der Waals surface area contributed by atoms with E-state index in [1.54, 1.807) is 44.6 Å². The number of thiazole rings is 1. The minimum Gasteiger partial charge on any atom is -0.494 e. The number of aromatic nitrogens is 1. The third-order valence-electron chi connectivity index (χ3n) is 3.54. The zero-order valence-electron chi connectivity index (χ0n) is 14.7. The predicted molar refractivity (Wildman–Crippen MR) is 103 cm³/mol. The quantitative estimate of drug-likeness (QED) is 0.671. The second kappa shape index (κ2) is 7.92. The van der Waals surface area contributed by atoms with Crippen LogP contribution in [0, 0.1) is 0 Å². The molecule has 7 nitrogen and oxygen atoms in total. The van der Waals surface area contributed by atoms with Crippen molar-refractivity contribution in [2.75, 3.05) is 31.5 Å². The summed E-state index contributed by atoms with van der Waals surface area (Å²) in [6.45, 7) is 2.52. The molecule has 0 fully saturated rings. The fourth-order valence-electron chi connectivity index (χ4n) is 2.37. The Morgan fingerprint density at radius 3 is 2.42 bits per heavy atom. The van der Waals surface area contributed by atoms with Crippen LogP contribution in [0.4, 0.5) is 15.6 Å². The molecule has 0 aliphatic carbocycles. The summed E-state index contributed by atoms with van der Waals surface area (Å²) >= 11 is 1.36. The second-order valence-corrected chi connectivity index (χ2v) is 6.26. The first kappa shape index (κ1) is 17.8. The molecule has 0 spiro atoms. The van der Waals surface area contributed by atoms with Gasteiger partial charge < -0.3 is 19.5 Å². The summed E-state index contributed by atoms with van der Waals surface area (Å²) in [5.41, 5.74) is 1.39. The predicted octanol–water partition coefficient (Wildman–Crippen LogP) is 4.36. The number of carbonyl (C=O) groups excluding carboxylic acids is 1. The number of hydrogen-bond donors (Lipinski definition) is 2. The number of nitrogens with one attached hydrogen (secondary N) is 2. The lowest BCUT2D eigenvalue weighted by Crippen LogP contribution is -2.19. The first-order valence-electron chi connectivity index (χ1n) is 7.96. The van der Waals surface area contributed by atoms with Crippen molar-refractivity contribution in [2.24, 2.45) is 0 Å². The molecule has 0 saturated carbocycles. The molecule has 3 rings (SSSR count). The van der Waals surface area contributed by atoms with E-state index in [-0.39, 0.29) is 6.03 Å². The van der Waals surface area contributed by atoms with Gasteiger partial charge in [0.25, 0.3) is 0 Å². The molecule has 0 radical (unpaired) electrons. The Morgan fingerprint density at radius 2 is 1.77 bits per heavy atom. The Morgan fingerprint density at radius 1 is 1.08 bits per heavy atom. The maximum absolute atomic E-state index is 12.2. The highest BCUT2D eigenvalue weighted by molar-refractivity contribution is 7.22. The van der Waals surface area contributed by atoms with Crippen LogP contribution in [-0.2, 0) is 0 Å². The van der Waals surface area contributed by atoms with E-state index in [0.29, 0.717) is 28.9 Å². The lowest BCUT2D eigenvalue weighted by molar-refractivity contribution is 0.262. The van der Waals surface area contributed by atoms with Crippen molar-refractivity contribution < 1.29 is 19.0 Å². The van der Waals surface area contributed by atoms with Crippen LogP contribution < -0.4 is 24.8 Å². The van der Waals surface area contributed by atoms with Gasteiger partial charge in [0, 0.05) is 17.8 Å². The van der Waals surface area contributed by atoms with Gasteiger partial charge in [0.2, 0.25) is 0 Å². The molecule has 1 aromatic heterocycles. The van der Waals surface area contributed by atoms with Crippen LogP contribution in [-0.4, -0.2) is 31.8 Å². The largest absolute Gasteiger partial charge is 0.494 e. The minimum atomic E-state index is -0.368. The number of carbonyl (C=O) groups is 1. The summed E-state index contributed by atoms with van der Waals surface area (Å²) in [6, 6.07) is 10.4. The number of rotatable bonds is 6. The van der Waals surface area contributed by atoms with E-state index in [1.807, 2.05) is 13.0 Å². The first-order chi connectivity index (χ1) is 12.6. The molecule has 1 heterocycles. The molecule has 2 N–H and O–H groups in total. The topological polar surface area (TPSA) is 81.7 Å². The van der Waals surface area contributed by atoms with E-state index in [2.05, 4.69) is 15.6 Å². The highest BCUT2D eigenvalue weighted by Crippen LogP contribution is 2.36. The Labute approximate surface area is 154 Å². The van der Waals surface area contributed by atoms with Gasteiger partial charge in [-0.2, -0.15) is 0 Å². The summed E-state index contributed by atoms with van der Waals surface area (Å²) < 4.78 is 16.8. The van der Waals surface area contributed by atoms with Crippen molar-refractivity contribution in [2.45, 2.75) is 6.92 Å². The number of fused-ring (bicyclic) bond motifs is 1. The van der Waals surface area contributed by atoms with Gasteiger partial charge in [-0.05, 0) is 31.2 Å². The Balaban J connectivity index is 1.70. The van der Waals surface area contributed by atoms with Crippen LogP contribution in [0.25, 0.3) is 10.2 Å². The zero-order valence-corrected chi connectivity index (χ0v) is 15.5. The first-order valence-corrected chi connectivity index (χ1v) is 8.78. The molecule has 3 aromatic rings. The Bertz CT molecular complexity index is 868. The number of methoxy groups -OCH3 is 2. The Hall–Kier alpha value is -3.00. The fraction of sp³-hybridized carbons (Fsp3) is 0.222. The second-order valence-electron chi connectivity index (χ2n) is 5.23. The van der Waals surface area contributed by atoms with E-state index in [0.717, 1.165) is 16.0 Å². The highest BCUT2D eigenvalue weighted by Gasteiger charge is 2.12. The van der Waals surface area contributed by atoms with Crippen molar-refractivity contribution in [1.82, 2.24) is 4.98 Å². The number of nitrogens with zero attached hydrogens (tertiary/aromatic N) is 1. The number of benzene rings is 2. The fourth-order valence-corrected chi connectivity index (χ4v) is 3.24. The van der Waals surface area contributed by atoms with Gasteiger partial charge in [-0.25, -0.2) is 9.78 Å². The third-order valence-corrected chi connectivity index (χ3v) is 4.47.